The third-order valence-electron chi connectivity index (χ3n) is 3.17. The molecule has 7 heteroatoms. The normalized spacial score (nSPS) is 18.7. The molecule has 0 aromatic carbocycles. The van der Waals surface area contributed by atoms with E-state index in [-0.39, 0.29) is 11.9 Å². The Labute approximate surface area is 111 Å². The maximum absolute atomic E-state index is 11.1. The number of hydrogen-bond acceptors (Lipinski definition) is 4. The second-order valence-electron chi connectivity index (χ2n) is 4.56. The van der Waals surface area contributed by atoms with Gasteiger partial charge in [-0.1, -0.05) is 0 Å². The van der Waals surface area contributed by atoms with Gasteiger partial charge in [0.15, 0.2) is 5.65 Å². The van der Waals surface area contributed by atoms with Crippen molar-refractivity contribution in [2.45, 2.75) is 25.3 Å². The zero-order valence-electron chi connectivity index (χ0n) is 10.4. The molecule has 2 aromatic rings. The molecule has 1 N–H and O–H groups in total. The summed E-state index contributed by atoms with van der Waals surface area (Å²) < 4.78 is 7.10. The minimum atomic E-state index is 0.121. The number of rotatable bonds is 4. The Bertz CT molecular complexity index is 613. The van der Waals surface area contributed by atoms with Gasteiger partial charge < -0.3 is 10.1 Å². The molecule has 0 spiro atoms. The summed E-state index contributed by atoms with van der Waals surface area (Å²) >= 11 is 0. The van der Waals surface area contributed by atoms with E-state index in [1.807, 2.05) is 0 Å². The molecule has 0 bridgehead atoms. The number of imidazole rings is 1. The largest absolute Gasteiger partial charge is 0.477 e. The molecule has 6 nitrogen and oxygen atoms in total. The van der Waals surface area contributed by atoms with Gasteiger partial charge in [0.05, 0.1) is 6.61 Å². The maximum Gasteiger partial charge on any atom is 0.231 e. The van der Waals surface area contributed by atoms with E-state index in [4.69, 9.17) is 12.6 Å². The highest BCUT2D eigenvalue weighted by Crippen LogP contribution is 2.12. The fraction of sp³-hybridized carbons (Fsp3) is 0.417. The van der Waals surface area contributed by atoms with Gasteiger partial charge in [0.1, 0.15) is 7.85 Å². The zero-order valence-corrected chi connectivity index (χ0v) is 10.4. The molecule has 1 saturated heterocycles. The van der Waals surface area contributed by atoms with Crippen molar-refractivity contribution >= 4 is 25.0 Å². The zero-order chi connectivity index (χ0) is 13.2. The molecule has 96 valence electrons. The van der Waals surface area contributed by atoms with Crippen LogP contribution in [0.4, 0.5) is 0 Å². The SMILES string of the molecule is [B]c1cnc2ccc(OCC[C@H]3CCC(=O)N3)nn12. The van der Waals surface area contributed by atoms with Gasteiger partial charge in [-0.25, -0.2) is 9.50 Å². The fourth-order valence-corrected chi connectivity index (χ4v) is 2.15. The van der Waals surface area contributed by atoms with Gasteiger partial charge in [-0.2, -0.15) is 0 Å². The monoisotopic (exact) mass is 256 g/mol. The summed E-state index contributed by atoms with van der Waals surface area (Å²) in [6, 6.07) is 3.78. The van der Waals surface area contributed by atoms with Crippen molar-refractivity contribution < 1.29 is 9.53 Å². The number of aromatic nitrogens is 3. The van der Waals surface area contributed by atoms with Gasteiger partial charge in [-0.15, -0.1) is 5.10 Å². The van der Waals surface area contributed by atoms with Crippen molar-refractivity contribution in [3.63, 3.8) is 0 Å². The van der Waals surface area contributed by atoms with Crippen LogP contribution in [0.25, 0.3) is 5.65 Å². The van der Waals surface area contributed by atoms with E-state index in [9.17, 15) is 4.79 Å². The highest BCUT2D eigenvalue weighted by Gasteiger charge is 2.20. The van der Waals surface area contributed by atoms with Crippen LogP contribution < -0.4 is 15.6 Å². The van der Waals surface area contributed by atoms with E-state index in [2.05, 4.69) is 15.4 Å². The molecule has 2 radical (unpaired) electrons. The highest BCUT2D eigenvalue weighted by molar-refractivity contribution is 6.30. The number of ether oxygens (including phenoxy) is 1. The summed E-state index contributed by atoms with van der Waals surface area (Å²) in [5, 5.41) is 7.13. The average molecular weight is 256 g/mol. The maximum atomic E-state index is 11.1. The minimum absolute atomic E-state index is 0.121. The van der Waals surface area contributed by atoms with E-state index in [0.29, 0.717) is 30.1 Å². The summed E-state index contributed by atoms with van der Waals surface area (Å²) in [6.45, 7) is 0.512. The predicted molar refractivity (Wildman–Crippen MR) is 69.7 cm³/mol. The molecule has 3 rings (SSSR count). The third kappa shape index (κ3) is 2.54. The van der Waals surface area contributed by atoms with Crippen molar-refractivity contribution in [2.75, 3.05) is 6.61 Å². The number of hydrogen-bond donors (Lipinski definition) is 1. The van der Waals surface area contributed by atoms with Crippen LogP contribution in [0.2, 0.25) is 0 Å². The molecule has 1 atom stereocenters. The lowest BCUT2D eigenvalue weighted by Crippen LogP contribution is -2.27. The molecule has 19 heavy (non-hydrogen) atoms. The fourth-order valence-electron chi connectivity index (χ4n) is 2.15. The number of nitrogens with zero attached hydrogens (tertiary/aromatic N) is 3. The van der Waals surface area contributed by atoms with E-state index < -0.39 is 0 Å². The second kappa shape index (κ2) is 4.91. The summed E-state index contributed by atoms with van der Waals surface area (Å²) in [4.78, 5) is 15.1. The van der Waals surface area contributed by atoms with Crippen LogP contribution in [-0.2, 0) is 4.79 Å². The second-order valence-corrected chi connectivity index (χ2v) is 4.56. The predicted octanol–water partition coefficient (Wildman–Crippen LogP) is -0.429. The Morgan fingerprint density at radius 1 is 1.53 bits per heavy atom. The number of carbonyl (C=O) groups is 1. The Morgan fingerprint density at radius 3 is 3.21 bits per heavy atom. The molecule has 0 aliphatic carbocycles. The van der Waals surface area contributed by atoms with Crippen LogP contribution >= 0.6 is 0 Å². The first-order valence-corrected chi connectivity index (χ1v) is 6.25. The summed E-state index contributed by atoms with van der Waals surface area (Å²) in [7, 11) is 5.72. The number of amides is 1. The molecule has 1 aliphatic heterocycles. The number of carbonyl (C=O) groups excluding carboxylic acids is 1. The molecule has 1 fully saturated rings. The van der Waals surface area contributed by atoms with Gasteiger partial charge in [0.25, 0.3) is 0 Å². The first-order chi connectivity index (χ1) is 9.22. The van der Waals surface area contributed by atoms with E-state index in [1.165, 1.54) is 4.52 Å². The van der Waals surface area contributed by atoms with E-state index in [0.717, 1.165) is 12.8 Å². The van der Waals surface area contributed by atoms with Gasteiger partial charge in [-0.3, -0.25) is 4.79 Å². The minimum Gasteiger partial charge on any atom is -0.477 e. The van der Waals surface area contributed by atoms with Gasteiger partial charge in [-0.05, 0) is 12.5 Å². The van der Waals surface area contributed by atoms with Crippen LogP contribution in [-0.4, -0.2) is 41.0 Å². The summed E-state index contributed by atoms with van der Waals surface area (Å²) in [5.74, 6) is 0.622. The topological polar surface area (TPSA) is 68.5 Å². The highest BCUT2D eigenvalue weighted by atomic mass is 16.5. The lowest BCUT2D eigenvalue weighted by molar-refractivity contribution is -0.119. The van der Waals surface area contributed by atoms with Crippen LogP contribution in [0.1, 0.15) is 19.3 Å². The molecule has 1 amide bonds. The quantitative estimate of drug-likeness (QED) is 0.754. The third-order valence-corrected chi connectivity index (χ3v) is 3.17. The molecular formula is C12H13BN4O2. The first-order valence-electron chi connectivity index (χ1n) is 6.25. The Balaban J connectivity index is 1.59. The van der Waals surface area contributed by atoms with Crippen LogP contribution in [0, 0.1) is 0 Å². The standard InChI is InChI=1S/C12H13BN4O2/c13-9-7-14-10-2-4-12(16-17(9)10)19-6-5-8-1-3-11(18)15-8/h2,4,7-8H,1,3,5-6H2,(H,15,18)/t8-/m1/s1. The smallest absolute Gasteiger partial charge is 0.231 e. The molecule has 1 aliphatic rings. The van der Waals surface area contributed by atoms with E-state index in [1.54, 1.807) is 18.3 Å². The molecule has 0 saturated carbocycles. The molecule has 3 heterocycles. The lowest BCUT2D eigenvalue weighted by atomic mass is 10.1. The van der Waals surface area contributed by atoms with Gasteiger partial charge in [0, 0.05) is 36.7 Å². The Kier molecular flexibility index (Phi) is 3.11. The van der Waals surface area contributed by atoms with Gasteiger partial charge >= 0.3 is 0 Å². The van der Waals surface area contributed by atoms with Gasteiger partial charge in [0.2, 0.25) is 11.8 Å². The lowest BCUT2D eigenvalue weighted by Gasteiger charge is -2.10. The van der Waals surface area contributed by atoms with Crippen LogP contribution in [0.5, 0.6) is 5.88 Å². The molecule has 2 aromatic heterocycles. The molecule has 0 unspecified atom stereocenters. The van der Waals surface area contributed by atoms with Crippen molar-refractivity contribution in [3.8, 4) is 5.88 Å². The van der Waals surface area contributed by atoms with Crippen LogP contribution in [0.15, 0.2) is 18.3 Å². The molecular weight excluding hydrogens is 243 g/mol. The van der Waals surface area contributed by atoms with Crippen LogP contribution in [0.3, 0.4) is 0 Å². The van der Waals surface area contributed by atoms with Crippen molar-refractivity contribution in [2.24, 2.45) is 0 Å². The summed E-state index contributed by atoms with van der Waals surface area (Å²) in [6.07, 6.45) is 3.83. The average Bonchev–Trinajstić information content (AvgIpc) is 2.97. The summed E-state index contributed by atoms with van der Waals surface area (Å²) in [5.41, 5.74) is 1.16. The van der Waals surface area contributed by atoms with Crippen molar-refractivity contribution in [1.29, 1.82) is 0 Å². The number of fused-ring (bicyclic) bond motifs is 1. The van der Waals surface area contributed by atoms with Crippen molar-refractivity contribution in [3.05, 3.63) is 18.3 Å². The van der Waals surface area contributed by atoms with Crippen molar-refractivity contribution in [1.82, 2.24) is 19.9 Å². The van der Waals surface area contributed by atoms with E-state index >= 15 is 0 Å². The number of nitrogens with one attached hydrogen (secondary N) is 1. The Morgan fingerprint density at radius 2 is 2.42 bits per heavy atom. The first kappa shape index (κ1) is 12.0. The Hall–Kier alpha value is -2.05.